The third kappa shape index (κ3) is 2.98. The van der Waals surface area contributed by atoms with E-state index in [9.17, 15) is 0 Å². The Hall–Kier alpha value is -1.04. The predicted octanol–water partition coefficient (Wildman–Crippen LogP) is 6.82. The van der Waals surface area contributed by atoms with Crippen LogP contribution in [-0.4, -0.2) is 0 Å². The summed E-state index contributed by atoms with van der Waals surface area (Å²) in [6.07, 6.45) is 25.0. The van der Waals surface area contributed by atoms with E-state index in [1.807, 2.05) is 27.7 Å². The van der Waals surface area contributed by atoms with Gasteiger partial charge < -0.3 is 0 Å². The minimum absolute atomic E-state index is 0.925. The van der Waals surface area contributed by atoms with Crippen LogP contribution in [0.25, 0.3) is 0 Å². The van der Waals surface area contributed by atoms with E-state index in [-0.39, 0.29) is 0 Å². The molecule has 0 aliphatic heterocycles. The Morgan fingerprint density at radius 1 is 0.500 bits per heavy atom. The number of hydrogen-bond donors (Lipinski definition) is 0. The van der Waals surface area contributed by atoms with E-state index in [1.165, 1.54) is 25.7 Å². The van der Waals surface area contributed by atoms with Crippen molar-refractivity contribution < 1.29 is 0 Å². The van der Waals surface area contributed by atoms with Crippen molar-refractivity contribution in [1.82, 2.24) is 0 Å². The predicted molar refractivity (Wildman–Crippen MR) is 106 cm³/mol. The third-order valence-electron chi connectivity index (χ3n) is 6.91. The van der Waals surface area contributed by atoms with E-state index in [0.717, 1.165) is 47.3 Å². The monoisotopic (exact) mass is 324 g/mol. The molecule has 0 heteroatoms. The number of fused-ring (bicyclic) bond motifs is 10. The first-order chi connectivity index (χ1) is 11.9. The maximum absolute atomic E-state index is 2.44. The first kappa shape index (κ1) is 17.8. The summed E-state index contributed by atoms with van der Waals surface area (Å²) in [7, 11) is 0. The number of allylic oxidation sites excluding steroid dienone is 8. The Balaban J connectivity index is 0.000000117. The van der Waals surface area contributed by atoms with E-state index in [2.05, 4.69) is 48.6 Å². The van der Waals surface area contributed by atoms with Gasteiger partial charge in [0.15, 0.2) is 0 Å². The SMILES string of the molecule is C1=CC2C3C=CC(C3)C2C1.C1=CC2C3C=CC(C3)C2C1.CC.CC. The van der Waals surface area contributed by atoms with E-state index in [4.69, 9.17) is 0 Å². The molecule has 0 N–H and O–H groups in total. The molecule has 0 aromatic rings. The zero-order valence-electron chi connectivity index (χ0n) is 16.1. The fraction of sp³-hybridized carbons (Fsp3) is 0.667. The Labute approximate surface area is 149 Å². The quantitative estimate of drug-likeness (QED) is 0.429. The molecule has 2 saturated carbocycles. The molecule has 0 spiro atoms. The van der Waals surface area contributed by atoms with E-state index >= 15 is 0 Å². The molecule has 0 saturated heterocycles. The lowest BCUT2D eigenvalue weighted by atomic mass is 9.86. The van der Waals surface area contributed by atoms with Crippen molar-refractivity contribution in [2.24, 2.45) is 47.3 Å². The van der Waals surface area contributed by atoms with Crippen molar-refractivity contribution in [3.8, 4) is 0 Å². The first-order valence-corrected chi connectivity index (χ1v) is 10.6. The van der Waals surface area contributed by atoms with Gasteiger partial charge in [0.05, 0.1) is 0 Å². The summed E-state index contributed by atoms with van der Waals surface area (Å²) >= 11 is 0. The van der Waals surface area contributed by atoms with Gasteiger partial charge in [0.1, 0.15) is 0 Å². The van der Waals surface area contributed by atoms with Gasteiger partial charge in [-0.05, 0) is 73.0 Å². The topological polar surface area (TPSA) is 0 Å². The molecule has 0 heterocycles. The second-order valence-electron chi connectivity index (χ2n) is 7.71. The van der Waals surface area contributed by atoms with Crippen molar-refractivity contribution in [2.75, 3.05) is 0 Å². The van der Waals surface area contributed by atoms with Gasteiger partial charge in [0.25, 0.3) is 0 Å². The van der Waals surface area contributed by atoms with E-state index < -0.39 is 0 Å². The summed E-state index contributed by atoms with van der Waals surface area (Å²) in [5.74, 6) is 7.65. The normalized spacial score (nSPS) is 45.8. The zero-order valence-corrected chi connectivity index (χ0v) is 16.1. The van der Waals surface area contributed by atoms with Gasteiger partial charge in [-0.25, -0.2) is 0 Å². The molecule has 0 amide bonds. The molecule has 6 aliphatic carbocycles. The van der Waals surface area contributed by atoms with Gasteiger partial charge in [0.2, 0.25) is 0 Å². The number of rotatable bonds is 0. The van der Waals surface area contributed by atoms with Gasteiger partial charge in [0, 0.05) is 0 Å². The summed E-state index contributed by atoms with van der Waals surface area (Å²) in [4.78, 5) is 0. The Morgan fingerprint density at radius 2 is 0.875 bits per heavy atom. The summed E-state index contributed by atoms with van der Waals surface area (Å²) in [6.45, 7) is 8.00. The van der Waals surface area contributed by atoms with Crippen LogP contribution >= 0.6 is 0 Å². The molecule has 8 unspecified atom stereocenters. The molecule has 4 bridgehead atoms. The van der Waals surface area contributed by atoms with Crippen LogP contribution in [0, 0.1) is 47.3 Å². The Morgan fingerprint density at radius 3 is 1.25 bits per heavy atom. The van der Waals surface area contributed by atoms with Crippen LogP contribution in [0.15, 0.2) is 48.6 Å². The molecule has 2 fully saturated rings. The van der Waals surface area contributed by atoms with Crippen LogP contribution in [0.4, 0.5) is 0 Å². The standard InChI is InChI=1S/2C10H12.2C2H6/c2*1-2-9-7-4-5-8(6-7)10(9)3-1;2*1-2/h2*1-2,4-5,7-10H,3,6H2;2*1-2H3. The smallest absolute Gasteiger partial charge is 0.0133 e. The highest BCUT2D eigenvalue weighted by Crippen LogP contribution is 2.53. The van der Waals surface area contributed by atoms with Gasteiger partial charge in [-0.3, -0.25) is 0 Å². The second kappa shape index (κ2) is 7.89. The fourth-order valence-corrected chi connectivity index (χ4v) is 5.95. The molecular formula is C24H36. The lowest BCUT2D eigenvalue weighted by Crippen LogP contribution is -2.12. The first-order valence-electron chi connectivity index (χ1n) is 10.6. The fourth-order valence-electron chi connectivity index (χ4n) is 5.95. The van der Waals surface area contributed by atoms with Gasteiger partial charge >= 0.3 is 0 Å². The highest BCUT2D eigenvalue weighted by Gasteiger charge is 2.44. The minimum atomic E-state index is 0.925. The average Bonchev–Trinajstić information content (AvgIpc) is 3.48. The highest BCUT2D eigenvalue weighted by molar-refractivity contribution is 5.22. The van der Waals surface area contributed by atoms with Crippen LogP contribution in [0.5, 0.6) is 0 Å². The molecule has 6 rings (SSSR count). The van der Waals surface area contributed by atoms with Crippen LogP contribution in [0.2, 0.25) is 0 Å². The number of hydrogen-bond acceptors (Lipinski definition) is 0. The summed E-state index contributed by atoms with van der Waals surface area (Å²) in [6, 6.07) is 0. The van der Waals surface area contributed by atoms with Crippen molar-refractivity contribution >= 4 is 0 Å². The minimum Gasteiger partial charge on any atom is -0.0879 e. The summed E-state index contributed by atoms with van der Waals surface area (Å²) < 4.78 is 0. The molecule has 24 heavy (non-hydrogen) atoms. The van der Waals surface area contributed by atoms with Gasteiger partial charge in [-0.1, -0.05) is 76.3 Å². The molecule has 6 aliphatic rings. The molecule has 0 nitrogen and oxygen atoms in total. The van der Waals surface area contributed by atoms with Crippen LogP contribution in [0.3, 0.4) is 0 Å². The molecule has 8 atom stereocenters. The Bertz CT molecular complexity index is 472. The average molecular weight is 325 g/mol. The second-order valence-corrected chi connectivity index (χ2v) is 7.71. The molecule has 0 aromatic carbocycles. The highest BCUT2D eigenvalue weighted by atomic mass is 14.5. The van der Waals surface area contributed by atoms with Gasteiger partial charge in [-0.2, -0.15) is 0 Å². The van der Waals surface area contributed by atoms with Gasteiger partial charge in [-0.15, -0.1) is 0 Å². The van der Waals surface area contributed by atoms with E-state index in [0.29, 0.717) is 0 Å². The van der Waals surface area contributed by atoms with Crippen molar-refractivity contribution in [3.63, 3.8) is 0 Å². The molecule has 0 aromatic heterocycles. The van der Waals surface area contributed by atoms with Crippen molar-refractivity contribution in [1.29, 1.82) is 0 Å². The molecule has 132 valence electrons. The lowest BCUT2D eigenvalue weighted by molar-refractivity contribution is 0.398. The van der Waals surface area contributed by atoms with Crippen LogP contribution < -0.4 is 0 Å². The molecular weight excluding hydrogens is 288 g/mol. The maximum atomic E-state index is 2.44. The maximum Gasteiger partial charge on any atom is -0.0133 e. The third-order valence-corrected chi connectivity index (χ3v) is 6.91. The van der Waals surface area contributed by atoms with E-state index in [1.54, 1.807) is 0 Å². The van der Waals surface area contributed by atoms with Crippen LogP contribution in [0.1, 0.15) is 53.4 Å². The van der Waals surface area contributed by atoms with Crippen molar-refractivity contribution in [2.45, 2.75) is 53.4 Å². The Kier molecular flexibility index (Phi) is 5.85. The van der Waals surface area contributed by atoms with Crippen molar-refractivity contribution in [3.05, 3.63) is 48.6 Å². The zero-order chi connectivity index (χ0) is 17.1. The molecule has 0 radical (unpaired) electrons. The van der Waals surface area contributed by atoms with Crippen LogP contribution in [-0.2, 0) is 0 Å². The largest absolute Gasteiger partial charge is 0.0879 e. The lowest BCUT2D eigenvalue weighted by Gasteiger charge is -2.18. The summed E-state index contributed by atoms with van der Waals surface area (Å²) in [5, 5.41) is 0. The summed E-state index contributed by atoms with van der Waals surface area (Å²) in [5.41, 5.74) is 0.